The molecule has 12 heavy (non-hydrogen) atoms. The molecule has 0 aliphatic rings. The average Bonchev–Trinajstić information content (AvgIpc) is 2.45. The van der Waals surface area contributed by atoms with E-state index in [1.807, 2.05) is 30.2 Å². The molecular formula is C8H12N2S2. The van der Waals surface area contributed by atoms with Crippen LogP contribution in [0.3, 0.4) is 0 Å². The van der Waals surface area contributed by atoms with Crippen molar-refractivity contribution in [2.75, 3.05) is 11.5 Å². The number of thioether (sulfide) groups is 1. The molecule has 0 spiro atoms. The molecule has 1 aromatic heterocycles. The van der Waals surface area contributed by atoms with Gasteiger partial charge in [-0.15, -0.1) is 11.8 Å². The number of hydrogen-bond donors (Lipinski definition) is 1. The van der Waals surface area contributed by atoms with Gasteiger partial charge in [-0.25, -0.2) is 0 Å². The Labute approximate surface area is 82.5 Å². The van der Waals surface area contributed by atoms with Gasteiger partial charge >= 0.3 is 0 Å². The highest BCUT2D eigenvalue weighted by molar-refractivity contribution is 7.99. The number of aromatic nitrogens is 2. The maximum Gasteiger partial charge on any atom is 0.0625 e. The van der Waals surface area contributed by atoms with Gasteiger partial charge < -0.3 is 0 Å². The molecule has 0 unspecified atom stereocenters. The summed E-state index contributed by atoms with van der Waals surface area (Å²) >= 11 is 5.85. The normalized spacial score (nSPS) is 11.2. The molecule has 0 fully saturated rings. The van der Waals surface area contributed by atoms with Crippen LogP contribution in [0.25, 0.3) is 0 Å². The van der Waals surface area contributed by atoms with Crippen molar-refractivity contribution in [1.29, 1.82) is 0 Å². The molecule has 0 bridgehead atoms. The molecule has 0 atom stereocenters. The van der Waals surface area contributed by atoms with Crippen LogP contribution in [-0.2, 0) is 7.05 Å². The van der Waals surface area contributed by atoms with Crippen LogP contribution in [0.5, 0.6) is 0 Å². The molecule has 1 heterocycles. The molecule has 1 aromatic rings. The van der Waals surface area contributed by atoms with Crippen molar-refractivity contribution >= 4 is 24.4 Å². The topological polar surface area (TPSA) is 17.8 Å². The van der Waals surface area contributed by atoms with E-state index in [9.17, 15) is 0 Å². The average molecular weight is 200 g/mol. The minimum atomic E-state index is 0.813. The monoisotopic (exact) mass is 200 g/mol. The standard InChI is InChI=1S/C8H12N2S2/c1-10-7-8(6-9-10)12-5-3-2-4-11/h2-3,6-7,11H,4-5H2,1H3. The summed E-state index contributed by atoms with van der Waals surface area (Å²) < 4.78 is 1.81. The van der Waals surface area contributed by atoms with Gasteiger partial charge in [-0.05, 0) is 0 Å². The highest BCUT2D eigenvalue weighted by Gasteiger charge is 1.93. The molecule has 0 aliphatic heterocycles. The molecule has 2 nitrogen and oxygen atoms in total. The van der Waals surface area contributed by atoms with Gasteiger partial charge in [0.05, 0.1) is 6.20 Å². The van der Waals surface area contributed by atoms with Gasteiger partial charge in [0.1, 0.15) is 0 Å². The van der Waals surface area contributed by atoms with E-state index in [2.05, 4.69) is 23.8 Å². The summed E-state index contributed by atoms with van der Waals surface area (Å²) in [7, 11) is 1.92. The molecule has 0 aromatic carbocycles. The minimum absolute atomic E-state index is 0.813. The van der Waals surface area contributed by atoms with Crippen molar-refractivity contribution in [2.24, 2.45) is 7.05 Å². The maximum absolute atomic E-state index is 4.07. The van der Waals surface area contributed by atoms with Gasteiger partial charge in [-0.1, -0.05) is 12.2 Å². The van der Waals surface area contributed by atoms with Crippen molar-refractivity contribution < 1.29 is 0 Å². The Hall–Kier alpha value is -0.350. The molecule has 0 saturated heterocycles. The first kappa shape index (κ1) is 9.74. The first-order chi connectivity index (χ1) is 5.83. The summed E-state index contributed by atoms with van der Waals surface area (Å²) in [6.07, 6.45) is 8.05. The second-order valence-corrected chi connectivity index (χ2v) is 3.77. The van der Waals surface area contributed by atoms with Gasteiger partial charge in [0.25, 0.3) is 0 Å². The first-order valence-corrected chi connectivity index (χ1v) is 5.32. The SMILES string of the molecule is Cn1cc(SCC=CCS)cn1. The van der Waals surface area contributed by atoms with E-state index in [1.54, 1.807) is 11.8 Å². The van der Waals surface area contributed by atoms with Crippen molar-refractivity contribution in [3.63, 3.8) is 0 Å². The predicted molar refractivity (Wildman–Crippen MR) is 56.9 cm³/mol. The van der Waals surface area contributed by atoms with Crippen molar-refractivity contribution in [2.45, 2.75) is 4.90 Å². The zero-order valence-corrected chi connectivity index (χ0v) is 8.68. The van der Waals surface area contributed by atoms with Crippen LogP contribution >= 0.6 is 24.4 Å². The molecule has 66 valence electrons. The Morgan fingerprint density at radius 3 is 3.08 bits per heavy atom. The van der Waals surface area contributed by atoms with Gasteiger partial charge in [0.15, 0.2) is 0 Å². The Bertz CT molecular complexity index is 255. The van der Waals surface area contributed by atoms with E-state index in [4.69, 9.17) is 0 Å². The second kappa shape index (κ2) is 5.32. The third-order valence-electron chi connectivity index (χ3n) is 1.30. The van der Waals surface area contributed by atoms with Crippen LogP contribution in [0.1, 0.15) is 0 Å². The largest absolute Gasteiger partial charge is 0.275 e. The van der Waals surface area contributed by atoms with Crippen LogP contribution in [0.2, 0.25) is 0 Å². The van der Waals surface area contributed by atoms with Gasteiger partial charge in [0, 0.05) is 29.6 Å². The fourth-order valence-electron chi connectivity index (χ4n) is 0.760. The molecule has 0 radical (unpaired) electrons. The minimum Gasteiger partial charge on any atom is -0.275 e. The van der Waals surface area contributed by atoms with E-state index in [0.29, 0.717) is 0 Å². The van der Waals surface area contributed by atoms with Crippen LogP contribution in [-0.4, -0.2) is 21.3 Å². The summed E-state index contributed by atoms with van der Waals surface area (Å²) in [6, 6.07) is 0. The zero-order chi connectivity index (χ0) is 8.81. The van der Waals surface area contributed by atoms with E-state index in [-0.39, 0.29) is 0 Å². The Balaban J connectivity index is 2.28. The smallest absolute Gasteiger partial charge is 0.0625 e. The lowest BCUT2D eigenvalue weighted by Crippen LogP contribution is -1.83. The molecule has 4 heteroatoms. The maximum atomic E-state index is 4.07. The van der Waals surface area contributed by atoms with Gasteiger partial charge in [-0.3, -0.25) is 4.68 Å². The third-order valence-corrected chi connectivity index (χ3v) is 2.41. The molecule has 1 rings (SSSR count). The van der Waals surface area contributed by atoms with Crippen molar-refractivity contribution in [3.8, 4) is 0 Å². The third kappa shape index (κ3) is 3.36. The van der Waals surface area contributed by atoms with Crippen molar-refractivity contribution in [1.82, 2.24) is 9.78 Å². The molecule has 0 N–H and O–H groups in total. The molecule has 0 aliphatic carbocycles. The molecular weight excluding hydrogens is 188 g/mol. The van der Waals surface area contributed by atoms with Crippen LogP contribution in [0.4, 0.5) is 0 Å². The Kier molecular flexibility index (Phi) is 4.32. The number of rotatable bonds is 4. The first-order valence-electron chi connectivity index (χ1n) is 3.70. The van der Waals surface area contributed by atoms with E-state index < -0.39 is 0 Å². The summed E-state index contributed by atoms with van der Waals surface area (Å²) in [5.41, 5.74) is 0. The highest BCUT2D eigenvalue weighted by atomic mass is 32.2. The quantitative estimate of drug-likeness (QED) is 0.455. The highest BCUT2D eigenvalue weighted by Crippen LogP contribution is 2.15. The van der Waals surface area contributed by atoms with Gasteiger partial charge in [-0.2, -0.15) is 17.7 Å². The van der Waals surface area contributed by atoms with Crippen LogP contribution < -0.4 is 0 Å². The number of hydrogen-bond acceptors (Lipinski definition) is 3. The number of aryl methyl sites for hydroxylation is 1. The Morgan fingerprint density at radius 1 is 1.67 bits per heavy atom. The summed E-state index contributed by atoms with van der Waals surface area (Å²) in [4.78, 5) is 1.21. The fourth-order valence-corrected chi connectivity index (χ4v) is 1.68. The molecule has 0 amide bonds. The second-order valence-electron chi connectivity index (χ2n) is 2.31. The number of thiol groups is 1. The lowest BCUT2D eigenvalue weighted by atomic mass is 10.6. The summed E-state index contributed by atoms with van der Waals surface area (Å²) in [5, 5.41) is 4.07. The van der Waals surface area contributed by atoms with Gasteiger partial charge in [0.2, 0.25) is 0 Å². The lowest BCUT2D eigenvalue weighted by Gasteiger charge is -1.89. The van der Waals surface area contributed by atoms with Crippen LogP contribution in [0, 0.1) is 0 Å². The zero-order valence-electron chi connectivity index (χ0n) is 6.97. The number of nitrogens with zero attached hydrogens (tertiary/aromatic N) is 2. The van der Waals surface area contributed by atoms with Crippen molar-refractivity contribution in [3.05, 3.63) is 24.5 Å². The predicted octanol–water partition coefficient (Wildman–Crippen LogP) is 2.00. The van der Waals surface area contributed by atoms with E-state index >= 15 is 0 Å². The van der Waals surface area contributed by atoms with E-state index in [1.165, 1.54) is 4.90 Å². The molecule has 0 saturated carbocycles. The van der Waals surface area contributed by atoms with Crippen LogP contribution in [0.15, 0.2) is 29.4 Å². The fraction of sp³-hybridized carbons (Fsp3) is 0.375. The summed E-state index contributed by atoms with van der Waals surface area (Å²) in [5.74, 6) is 1.81. The lowest BCUT2D eigenvalue weighted by molar-refractivity contribution is 0.766. The Morgan fingerprint density at radius 2 is 2.50 bits per heavy atom. The van der Waals surface area contributed by atoms with E-state index in [0.717, 1.165) is 11.5 Å². The summed E-state index contributed by atoms with van der Waals surface area (Å²) in [6.45, 7) is 0.